The Balaban J connectivity index is 2.21. The van der Waals surface area contributed by atoms with E-state index in [1.54, 1.807) is 12.1 Å². The maximum Gasteiger partial charge on any atom is 0.209 e. The van der Waals surface area contributed by atoms with E-state index >= 15 is 0 Å². The van der Waals surface area contributed by atoms with Crippen molar-refractivity contribution >= 4 is 34.8 Å². The molecule has 86 valence electrons. The molecule has 17 heavy (non-hydrogen) atoms. The number of hydrogen-bond acceptors (Lipinski definition) is 3. The molecular weight excluding hydrogens is 284 g/mol. The molecule has 0 bridgehead atoms. The fourth-order valence-electron chi connectivity index (χ4n) is 1.49. The predicted molar refractivity (Wildman–Crippen MR) is 65.9 cm³/mol. The van der Waals surface area contributed by atoms with E-state index in [1.807, 2.05) is 12.1 Å². The molecule has 0 aliphatic carbocycles. The van der Waals surface area contributed by atoms with Crippen LogP contribution in [0.1, 0.15) is 0 Å². The van der Waals surface area contributed by atoms with Gasteiger partial charge in [0.25, 0.3) is 0 Å². The van der Waals surface area contributed by atoms with Crippen molar-refractivity contribution in [3.8, 4) is 23.0 Å². The van der Waals surface area contributed by atoms with Gasteiger partial charge >= 0.3 is 0 Å². The number of nitrogens with zero attached hydrogens (tertiary/aromatic N) is 1. The summed E-state index contributed by atoms with van der Waals surface area (Å²) in [5, 5.41) is 0.378. The van der Waals surface area contributed by atoms with Gasteiger partial charge in [-0.2, -0.15) is 0 Å². The molecule has 0 radical (unpaired) electrons. The van der Waals surface area contributed by atoms with Crippen LogP contribution in [0.5, 0.6) is 23.0 Å². The molecule has 0 fully saturated rings. The predicted octanol–water partition coefficient (Wildman–Crippen LogP) is 4.94. The molecule has 0 unspecified atom stereocenters. The number of hydrogen-bond donors (Lipinski definition) is 0. The van der Waals surface area contributed by atoms with Crippen LogP contribution in [0.25, 0.3) is 0 Å². The minimum absolute atomic E-state index is 0.0818. The third-order valence-corrected chi connectivity index (χ3v) is 3.22. The summed E-state index contributed by atoms with van der Waals surface area (Å²) < 4.78 is 11.2. The highest BCUT2D eigenvalue weighted by Crippen LogP contribution is 2.52. The summed E-state index contributed by atoms with van der Waals surface area (Å²) in [5.41, 5.74) is 0. The lowest BCUT2D eigenvalue weighted by molar-refractivity contribution is 0.358. The van der Waals surface area contributed by atoms with Gasteiger partial charge in [0.1, 0.15) is 5.02 Å². The largest absolute Gasteiger partial charge is 0.448 e. The van der Waals surface area contributed by atoms with Crippen LogP contribution in [0.4, 0.5) is 0 Å². The highest BCUT2D eigenvalue weighted by molar-refractivity contribution is 6.43. The summed E-state index contributed by atoms with van der Waals surface area (Å²) in [6, 6.07) is 7.17. The van der Waals surface area contributed by atoms with Gasteiger partial charge in [-0.3, -0.25) is 0 Å². The number of fused-ring (bicyclic) bond motifs is 2. The summed E-state index contributed by atoms with van der Waals surface area (Å²) in [7, 11) is 0. The van der Waals surface area contributed by atoms with Crippen molar-refractivity contribution < 1.29 is 9.47 Å². The van der Waals surface area contributed by atoms with E-state index in [4.69, 9.17) is 44.3 Å². The van der Waals surface area contributed by atoms with Gasteiger partial charge in [-0.25, -0.2) is 4.98 Å². The first-order valence-corrected chi connectivity index (χ1v) is 5.79. The molecule has 3 rings (SSSR count). The van der Waals surface area contributed by atoms with Crippen molar-refractivity contribution in [2.45, 2.75) is 0 Å². The van der Waals surface area contributed by atoms with E-state index < -0.39 is 0 Å². The van der Waals surface area contributed by atoms with Gasteiger partial charge in [-0.1, -0.05) is 46.9 Å². The molecule has 0 atom stereocenters. The zero-order valence-electron chi connectivity index (χ0n) is 8.21. The topological polar surface area (TPSA) is 31.4 Å². The van der Waals surface area contributed by atoms with Gasteiger partial charge in [-0.05, 0) is 12.1 Å². The van der Waals surface area contributed by atoms with Crippen molar-refractivity contribution in [2.24, 2.45) is 0 Å². The van der Waals surface area contributed by atoms with Gasteiger partial charge in [0, 0.05) is 0 Å². The number of benzene rings is 1. The Kier molecular flexibility index (Phi) is 2.54. The lowest BCUT2D eigenvalue weighted by atomic mass is 10.3. The number of pyridine rings is 1. The molecule has 2 aromatic rings. The van der Waals surface area contributed by atoms with Crippen LogP contribution in [-0.4, -0.2) is 4.98 Å². The average molecular weight is 289 g/mol. The molecule has 1 aromatic carbocycles. The van der Waals surface area contributed by atoms with E-state index in [-0.39, 0.29) is 26.8 Å². The Bertz CT molecular complexity index is 616. The number of para-hydroxylation sites is 2. The Morgan fingerprint density at radius 3 is 2.06 bits per heavy atom. The van der Waals surface area contributed by atoms with E-state index in [1.165, 1.54) is 0 Å². The van der Waals surface area contributed by atoms with Crippen LogP contribution in [0.3, 0.4) is 0 Å². The molecule has 3 nitrogen and oxygen atoms in total. The van der Waals surface area contributed by atoms with Crippen molar-refractivity contribution in [3.05, 3.63) is 39.6 Å². The molecule has 0 saturated heterocycles. The minimum atomic E-state index is 0.0818. The van der Waals surface area contributed by atoms with Gasteiger partial charge in [0.05, 0.1) is 0 Å². The van der Waals surface area contributed by atoms with Gasteiger partial charge in [0.2, 0.25) is 5.75 Å². The highest BCUT2D eigenvalue weighted by atomic mass is 35.5. The zero-order valence-corrected chi connectivity index (χ0v) is 10.5. The molecule has 0 spiro atoms. The number of aromatic nitrogens is 1. The number of halogens is 3. The SMILES string of the molecule is Clc1nc(Cl)c2c(c1Cl)Oc1ccccc1O2. The first-order chi connectivity index (χ1) is 8.16. The molecule has 0 N–H and O–H groups in total. The molecule has 2 heterocycles. The maximum absolute atomic E-state index is 5.99. The lowest BCUT2D eigenvalue weighted by Gasteiger charge is -2.21. The Morgan fingerprint density at radius 1 is 0.824 bits per heavy atom. The lowest BCUT2D eigenvalue weighted by Crippen LogP contribution is -2.01. The van der Waals surface area contributed by atoms with Crippen LogP contribution >= 0.6 is 34.8 Å². The number of ether oxygens (including phenoxy) is 2. The number of rotatable bonds is 0. The third kappa shape index (κ3) is 1.71. The summed E-state index contributed by atoms with van der Waals surface area (Å²) in [4.78, 5) is 3.85. The van der Waals surface area contributed by atoms with Gasteiger partial charge in [0.15, 0.2) is 27.6 Å². The van der Waals surface area contributed by atoms with Gasteiger partial charge in [-0.15, -0.1) is 0 Å². The fourth-order valence-corrected chi connectivity index (χ4v) is 2.08. The smallest absolute Gasteiger partial charge is 0.209 e. The average Bonchev–Trinajstić information content (AvgIpc) is 2.34. The van der Waals surface area contributed by atoms with Crippen molar-refractivity contribution in [1.29, 1.82) is 0 Å². The highest BCUT2D eigenvalue weighted by Gasteiger charge is 2.26. The van der Waals surface area contributed by atoms with Crippen molar-refractivity contribution in [3.63, 3.8) is 0 Å². The molecular formula is C11H4Cl3NO2. The molecule has 0 amide bonds. The summed E-state index contributed by atoms with van der Waals surface area (Å²) >= 11 is 17.7. The Morgan fingerprint density at radius 2 is 1.41 bits per heavy atom. The summed E-state index contributed by atoms with van der Waals surface area (Å²) in [6.07, 6.45) is 0. The molecule has 1 aliphatic heterocycles. The van der Waals surface area contributed by atoms with Crippen LogP contribution in [0.2, 0.25) is 15.3 Å². The standard InChI is InChI=1S/C11H4Cl3NO2/c12-7-8-9(11(14)15-10(7)13)17-6-4-2-1-3-5(6)16-8/h1-4H. The normalized spacial score (nSPS) is 12.2. The van der Waals surface area contributed by atoms with E-state index in [9.17, 15) is 0 Å². The Labute approximate surface area is 112 Å². The minimum Gasteiger partial charge on any atom is -0.448 e. The zero-order chi connectivity index (χ0) is 12.0. The van der Waals surface area contributed by atoms with Gasteiger partial charge < -0.3 is 9.47 Å². The maximum atomic E-state index is 5.99. The van der Waals surface area contributed by atoms with E-state index in [0.717, 1.165) is 0 Å². The van der Waals surface area contributed by atoms with Crippen LogP contribution < -0.4 is 9.47 Å². The molecule has 0 saturated carbocycles. The quantitative estimate of drug-likeness (QED) is 0.549. The van der Waals surface area contributed by atoms with Crippen LogP contribution in [-0.2, 0) is 0 Å². The fraction of sp³-hybridized carbons (Fsp3) is 0. The second-order valence-corrected chi connectivity index (χ2v) is 4.41. The summed E-state index contributed by atoms with van der Waals surface area (Å²) in [5.74, 6) is 1.68. The molecule has 1 aliphatic rings. The molecule has 1 aromatic heterocycles. The van der Waals surface area contributed by atoms with Crippen LogP contribution in [0, 0.1) is 0 Å². The van der Waals surface area contributed by atoms with Crippen LogP contribution in [0.15, 0.2) is 24.3 Å². The second-order valence-electron chi connectivity index (χ2n) is 3.32. The Hall–Kier alpha value is -1.16. The first-order valence-electron chi connectivity index (χ1n) is 4.66. The monoisotopic (exact) mass is 287 g/mol. The first kappa shape index (κ1) is 11.0. The third-order valence-electron chi connectivity index (χ3n) is 2.24. The summed E-state index contributed by atoms with van der Waals surface area (Å²) in [6.45, 7) is 0. The molecule has 6 heteroatoms. The van der Waals surface area contributed by atoms with E-state index in [2.05, 4.69) is 4.98 Å². The second kappa shape index (κ2) is 3.95. The van der Waals surface area contributed by atoms with E-state index in [0.29, 0.717) is 11.5 Å². The van der Waals surface area contributed by atoms with Crippen molar-refractivity contribution in [1.82, 2.24) is 4.98 Å². The van der Waals surface area contributed by atoms with Crippen molar-refractivity contribution in [2.75, 3.05) is 0 Å².